The summed E-state index contributed by atoms with van der Waals surface area (Å²) in [5.74, 6) is 0.352. The molecule has 0 saturated carbocycles. The lowest BCUT2D eigenvalue weighted by Crippen LogP contribution is -1.95. The van der Waals surface area contributed by atoms with Crippen LogP contribution in [0.5, 0.6) is 0 Å². The maximum absolute atomic E-state index is 13.4. The Morgan fingerprint density at radius 2 is 1.88 bits per heavy atom. The Labute approximate surface area is 146 Å². The van der Waals surface area contributed by atoms with E-state index in [-0.39, 0.29) is 5.82 Å². The zero-order valence-electron chi connectivity index (χ0n) is 12.3. The van der Waals surface area contributed by atoms with Crippen molar-refractivity contribution in [2.45, 2.75) is 0 Å². The van der Waals surface area contributed by atoms with E-state index < -0.39 is 0 Å². The van der Waals surface area contributed by atoms with E-state index in [1.54, 1.807) is 23.5 Å². The number of hydrogen-bond acceptors (Lipinski definition) is 4. The number of hydrogen-bond donors (Lipinski definition) is 1. The molecule has 0 amide bonds. The molecule has 2 heterocycles. The van der Waals surface area contributed by atoms with Crippen LogP contribution in [0.15, 0.2) is 60.2 Å². The molecule has 3 nitrogen and oxygen atoms in total. The first kappa shape index (κ1) is 15.1. The third-order valence-corrected chi connectivity index (χ3v) is 4.75. The summed E-state index contributed by atoms with van der Waals surface area (Å²) in [7, 11) is 0. The largest absolute Gasteiger partial charge is 0.339 e. The lowest BCUT2D eigenvalue weighted by atomic mass is 10.1. The van der Waals surface area contributed by atoms with Crippen LogP contribution in [0.4, 0.5) is 15.9 Å². The standard InChI is InChI=1S/C18H11ClFN3S/c19-12-6-4-11(5-7-12)15-9-24-18-16(15)17(21-10-22-18)23-14-3-1-2-13(20)8-14/h1-10H,(H,21,22,23). The molecular formula is C18H11ClFN3S. The Bertz CT molecular complexity index is 1010. The van der Waals surface area contributed by atoms with E-state index in [4.69, 9.17) is 11.6 Å². The number of aromatic nitrogens is 2. The second kappa shape index (κ2) is 6.19. The molecule has 0 atom stereocenters. The highest BCUT2D eigenvalue weighted by atomic mass is 35.5. The number of fused-ring (bicyclic) bond motifs is 1. The maximum atomic E-state index is 13.4. The smallest absolute Gasteiger partial charge is 0.143 e. The van der Waals surface area contributed by atoms with Crippen LogP contribution >= 0.6 is 22.9 Å². The van der Waals surface area contributed by atoms with Gasteiger partial charge < -0.3 is 5.32 Å². The monoisotopic (exact) mass is 355 g/mol. The van der Waals surface area contributed by atoms with E-state index in [1.807, 2.05) is 29.6 Å². The number of nitrogens with one attached hydrogen (secondary N) is 1. The van der Waals surface area contributed by atoms with Crippen LogP contribution in [0, 0.1) is 5.82 Å². The molecule has 6 heteroatoms. The summed E-state index contributed by atoms with van der Waals surface area (Å²) in [5, 5.41) is 6.82. The molecule has 0 spiro atoms. The summed E-state index contributed by atoms with van der Waals surface area (Å²) >= 11 is 7.52. The quantitative estimate of drug-likeness (QED) is 0.497. The highest BCUT2D eigenvalue weighted by Crippen LogP contribution is 2.37. The molecule has 0 bridgehead atoms. The van der Waals surface area contributed by atoms with Crippen LogP contribution in [0.25, 0.3) is 21.3 Å². The third-order valence-electron chi connectivity index (χ3n) is 3.61. The van der Waals surface area contributed by atoms with E-state index >= 15 is 0 Å². The predicted octanol–water partition coefficient (Wildman–Crippen LogP) is 5.89. The Morgan fingerprint density at radius 1 is 1.04 bits per heavy atom. The first-order valence-electron chi connectivity index (χ1n) is 7.21. The van der Waals surface area contributed by atoms with Crippen LogP contribution in [0.3, 0.4) is 0 Å². The Morgan fingerprint density at radius 3 is 2.67 bits per heavy atom. The average Bonchev–Trinajstić information content (AvgIpc) is 3.01. The molecule has 0 fully saturated rings. The first-order valence-corrected chi connectivity index (χ1v) is 8.47. The number of anilines is 2. The lowest BCUT2D eigenvalue weighted by Gasteiger charge is -2.08. The molecule has 4 aromatic rings. The van der Waals surface area contributed by atoms with Gasteiger partial charge in [-0.05, 0) is 35.9 Å². The van der Waals surface area contributed by atoms with Gasteiger partial charge >= 0.3 is 0 Å². The average molecular weight is 356 g/mol. The third kappa shape index (κ3) is 2.84. The van der Waals surface area contributed by atoms with Gasteiger partial charge in [-0.25, -0.2) is 14.4 Å². The van der Waals surface area contributed by atoms with Gasteiger partial charge in [-0.15, -0.1) is 11.3 Å². The van der Waals surface area contributed by atoms with Crippen LogP contribution in [-0.2, 0) is 0 Å². The normalized spacial score (nSPS) is 10.9. The minimum absolute atomic E-state index is 0.298. The number of rotatable bonds is 3. The number of thiophene rings is 1. The van der Waals surface area contributed by atoms with Gasteiger partial charge in [-0.2, -0.15) is 0 Å². The fourth-order valence-electron chi connectivity index (χ4n) is 2.51. The van der Waals surface area contributed by atoms with Crippen LogP contribution in [-0.4, -0.2) is 9.97 Å². The van der Waals surface area contributed by atoms with E-state index in [2.05, 4.69) is 15.3 Å². The summed E-state index contributed by atoms with van der Waals surface area (Å²) in [5.41, 5.74) is 2.69. The van der Waals surface area contributed by atoms with E-state index in [0.29, 0.717) is 16.5 Å². The minimum Gasteiger partial charge on any atom is -0.339 e. The van der Waals surface area contributed by atoms with Crippen molar-refractivity contribution in [3.05, 3.63) is 71.1 Å². The van der Waals surface area contributed by atoms with E-state index in [1.165, 1.54) is 18.5 Å². The van der Waals surface area contributed by atoms with Gasteiger partial charge in [0.2, 0.25) is 0 Å². The van der Waals surface area contributed by atoms with Crippen molar-refractivity contribution in [2.24, 2.45) is 0 Å². The van der Waals surface area contributed by atoms with Gasteiger partial charge in [0.15, 0.2) is 0 Å². The second-order valence-corrected chi connectivity index (χ2v) is 6.49. The summed E-state index contributed by atoms with van der Waals surface area (Å²) in [6.07, 6.45) is 1.51. The van der Waals surface area contributed by atoms with Crippen molar-refractivity contribution in [1.29, 1.82) is 0 Å². The topological polar surface area (TPSA) is 37.8 Å². The summed E-state index contributed by atoms with van der Waals surface area (Å²) < 4.78 is 13.4. The SMILES string of the molecule is Fc1cccc(Nc2ncnc3scc(-c4ccc(Cl)cc4)c23)c1. The molecule has 0 aliphatic heterocycles. The number of nitrogens with zero attached hydrogens (tertiary/aromatic N) is 2. The fourth-order valence-corrected chi connectivity index (χ4v) is 3.56. The van der Waals surface area contributed by atoms with Gasteiger partial charge in [0.05, 0.1) is 5.39 Å². The van der Waals surface area contributed by atoms with Crippen molar-refractivity contribution in [1.82, 2.24) is 9.97 Å². The maximum Gasteiger partial charge on any atom is 0.143 e. The highest BCUT2D eigenvalue weighted by molar-refractivity contribution is 7.17. The first-order chi connectivity index (χ1) is 11.7. The Balaban J connectivity index is 1.84. The molecule has 1 N–H and O–H groups in total. The molecule has 2 aromatic carbocycles. The van der Waals surface area contributed by atoms with Crippen LogP contribution < -0.4 is 5.32 Å². The fraction of sp³-hybridized carbons (Fsp3) is 0. The Hall–Kier alpha value is -2.50. The van der Waals surface area contributed by atoms with Gasteiger partial charge in [-0.1, -0.05) is 29.8 Å². The zero-order chi connectivity index (χ0) is 16.5. The van der Waals surface area contributed by atoms with Crippen LogP contribution in [0.1, 0.15) is 0 Å². The molecular weight excluding hydrogens is 345 g/mol. The van der Waals surface area contributed by atoms with Crippen molar-refractivity contribution in [2.75, 3.05) is 5.32 Å². The lowest BCUT2D eigenvalue weighted by molar-refractivity contribution is 0.628. The van der Waals surface area contributed by atoms with Crippen molar-refractivity contribution in [3.63, 3.8) is 0 Å². The summed E-state index contributed by atoms with van der Waals surface area (Å²) in [4.78, 5) is 9.55. The van der Waals surface area contributed by atoms with E-state index in [0.717, 1.165) is 21.3 Å². The molecule has 24 heavy (non-hydrogen) atoms. The number of halogens is 2. The van der Waals surface area contributed by atoms with Gasteiger partial charge in [0, 0.05) is 21.7 Å². The minimum atomic E-state index is -0.298. The van der Waals surface area contributed by atoms with Crippen molar-refractivity contribution >= 4 is 44.7 Å². The molecule has 0 aliphatic carbocycles. The highest BCUT2D eigenvalue weighted by Gasteiger charge is 2.13. The van der Waals surface area contributed by atoms with Crippen LogP contribution in [0.2, 0.25) is 5.02 Å². The second-order valence-electron chi connectivity index (χ2n) is 5.19. The molecule has 0 radical (unpaired) electrons. The van der Waals surface area contributed by atoms with Gasteiger partial charge in [0.25, 0.3) is 0 Å². The van der Waals surface area contributed by atoms with Gasteiger partial charge in [0.1, 0.15) is 22.8 Å². The van der Waals surface area contributed by atoms with Crippen molar-refractivity contribution in [3.8, 4) is 11.1 Å². The molecule has 0 aliphatic rings. The summed E-state index contributed by atoms with van der Waals surface area (Å²) in [6, 6.07) is 13.9. The van der Waals surface area contributed by atoms with E-state index in [9.17, 15) is 4.39 Å². The molecule has 0 unspecified atom stereocenters. The predicted molar refractivity (Wildman–Crippen MR) is 97.5 cm³/mol. The molecule has 0 saturated heterocycles. The molecule has 118 valence electrons. The molecule has 4 rings (SSSR count). The Kier molecular flexibility index (Phi) is 3.88. The van der Waals surface area contributed by atoms with Crippen molar-refractivity contribution < 1.29 is 4.39 Å². The number of benzene rings is 2. The zero-order valence-corrected chi connectivity index (χ0v) is 13.9. The molecule has 2 aromatic heterocycles. The van der Waals surface area contributed by atoms with Gasteiger partial charge in [-0.3, -0.25) is 0 Å². The summed E-state index contributed by atoms with van der Waals surface area (Å²) in [6.45, 7) is 0.